The van der Waals surface area contributed by atoms with E-state index < -0.39 is 0 Å². The summed E-state index contributed by atoms with van der Waals surface area (Å²) in [6.07, 6.45) is 1.60. The van der Waals surface area contributed by atoms with Crippen molar-refractivity contribution < 1.29 is 14.3 Å². The maximum absolute atomic E-state index is 11.9. The Bertz CT molecular complexity index is 822. The van der Waals surface area contributed by atoms with Crippen LogP contribution in [0.5, 0.6) is 5.75 Å². The van der Waals surface area contributed by atoms with E-state index in [1.54, 1.807) is 18.3 Å². The molecule has 0 unspecified atom stereocenters. The summed E-state index contributed by atoms with van der Waals surface area (Å²) >= 11 is 11.9. The van der Waals surface area contributed by atoms with Crippen LogP contribution < -0.4 is 10.2 Å². The van der Waals surface area contributed by atoms with Gasteiger partial charge in [0.1, 0.15) is 12.4 Å². The largest absolute Gasteiger partial charge is 0.489 e. The summed E-state index contributed by atoms with van der Waals surface area (Å²) < 4.78 is 11.0. The maximum Gasteiger partial charge on any atom is 0.254 e. The molecule has 1 aliphatic rings. The number of ether oxygens (including phenoxy) is 2. The fraction of sp³-hybridized carbons (Fsp3) is 0.300. The van der Waals surface area contributed by atoms with E-state index in [1.165, 1.54) is 0 Å². The highest BCUT2D eigenvalue weighted by molar-refractivity contribution is 6.42. The normalized spacial score (nSPS) is 14.9. The molecule has 2 aromatic carbocycles. The number of benzene rings is 2. The molecule has 3 rings (SSSR count). The van der Waals surface area contributed by atoms with Gasteiger partial charge in [0, 0.05) is 13.1 Å². The lowest BCUT2D eigenvalue weighted by atomic mass is 10.2. The van der Waals surface area contributed by atoms with Crippen molar-refractivity contribution in [1.29, 1.82) is 0 Å². The smallest absolute Gasteiger partial charge is 0.254 e. The Hall–Kier alpha value is -2.12. The highest BCUT2D eigenvalue weighted by Gasteiger charge is 2.13. The summed E-state index contributed by atoms with van der Waals surface area (Å²) in [5.74, 6) is 0.583. The zero-order chi connectivity index (χ0) is 19.8. The topological polar surface area (TPSA) is 63.2 Å². The van der Waals surface area contributed by atoms with Gasteiger partial charge >= 0.3 is 0 Å². The van der Waals surface area contributed by atoms with E-state index in [0.29, 0.717) is 36.4 Å². The van der Waals surface area contributed by atoms with Crippen LogP contribution in [-0.2, 0) is 16.1 Å². The minimum Gasteiger partial charge on any atom is -0.489 e. The van der Waals surface area contributed by atoms with Crippen LogP contribution in [-0.4, -0.2) is 49.9 Å². The monoisotopic (exact) mass is 421 g/mol. The summed E-state index contributed by atoms with van der Waals surface area (Å²) in [6.45, 7) is 3.57. The summed E-state index contributed by atoms with van der Waals surface area (Å²) in [5.41, 5.74) is 4.33. The number of hydrogen-bond donors (Lipinski definition) is 1. The molecule has 0 aromatic heterocycles. The third kappa shape index (κ3) is 6.49. The van der Waals surface area contributed by atoms with E-state index in [-0.39, 0.29) is 5.91 Å². The van der Waals surface area contributed by atoms with E-state index in [1.807, 2.05) is 35.2 Å². The van der Waals surface area contributed by atoms with E-state index in [9.17, 15) is 4.79 Å². The summed E-state index contributed by atoms with van der Waals surface area (Å²) in [4.78, 5) is 13.9. The van der Waals surface area contributed by atoms with Gasteiger partial charge in [-0.3, -0.25) is 9.69 Å². The molecular formula is C20H21Cl2N3O3. The highest BCUT2D eigenvalue weighted by atomic mass is 35.5. The number of carbonyl (C=O) groups is 1. The van der Waals surface area contributed by atoms with Gasteiger partial charge in [-0.15, -0.1) is 0 Å². The molecular weight excluding hydrogens is 401 g/mol. The second-order valence-electron chi connectivity index (χ2n) is 6.29. The lowest BCUT2D eigenvalue weighted by Gasteiger charge is -2.25. The van der Waals surface area contributed by atoms with Gasteiger partial charge in [0.15, 0.2) is 0 Å². The minimum atomic E-state index is -0.139. The average molecular weight is 422 g/mol. The van der Waals surface area contributed by atoms with Crippen LogP contribution in [0, 0.1) is 0 Å². The average Bonchev–Trinajstić information content (AvgIpc) is 2.70. The SMILES string of the molecule is O=C(CN1CCOCC1)N/N=C/c1ccc(OCc2ccc(Cl)c(Cl)c2)cc1. The number of hydrazone groups is 1. The van der Waals surface area contributed by atoms with Crippen LogP contribution >= 0.6 is 23.2 Å². The molecule has 0 spiro atoms. The first-order valence-electron chi connectivity index (χ1n) is 8.89. The van der Waals surface area contributed by atoms with E-state index >= 15 is 0 Å². The van der Waals surface area contributed by atoms with Gasteiger partial charge in [-0.05, 0) is 47.5 Å². The zero-order valence-electron chi connectivity index (χ0n) is 15.2. The molecule has 1 N–H and O–H groups in total. The van der Waals surface area contributed by atoms with E-state index in [2.05, 4.69) is 10.5 Å². The first-order valence-corrected chi connectivity index (χ1v) is 9.64. The highest BCUT2D eigenvalue weighted by Crippen LogP contribution is 2.23. The Labute approximate surface area is 174 Å². The number of hydrogen-bond acceptors (Lipinski definition) is 5. The van der Waals surface area contributed by atoms with Crippen LogP contribution in [0.1, 0.15) is 11.1 Å². The molecule has 1 fully saturated rings. The number of morpholine rings is 1. The number of nitrogens with one attached hydrogen (secondary N) is 1. The Balaban J connectivity index is 1.43. The molecule has 0 radical (unpaired) electrons. The Morgan fingerprint density at radius 2 is 1.89 bits per heavy atom. The molecule has 6 nitrogen and oxygen atoms in total. The van der Waals surface area contributed by atoms with Crippen molar-refractivity contribution >= 4 is 35.3 Å². The van der Waals surface area contributed by atoms with Crippen molar-refractivity contribution in [2.75, 3.05) is 32.8 Å². The first-order chi connectivity index (χ1) is 13.6. The van der Waals surface area contributed by atoms with Gasteiger partial charge in [0.2, 0.25) is 0 Å². The van der Waals surface area contributed by atoms with Gasteiger partial charge in [0.25, 0.3) is 5.91 Å². The molecule has 1 amide bonds. The van der Waals surface area contributed by atoms with Gasteiger partial charge < -0.3 is 9.47 Å². The maximum atomic E-state index is 11.9. The minimum absolute atomic E-state index is 0.139. The Morgan fingerprint density at radius 3 is 2.61 bits per heavy atom. The van der Waals surface area contributed by atoms with Crippen LogP contribution in [0.4, 0.5) is 0 Å². The molecule has 2 aromatic rings. The zero-order valence-corrected chi connectivity index (χ0v) is 16.7. The summed E-state index contributed by atoms with van der Waals surface area (Å²) in [5, 5.41) is 5.02. The molecule has 0 bridgehead atoms. The molecule has 0 atom stereocenters. The molecule has 1 aliphatic heterocycles. The first kappa shape index (κ1) is 20.6. The van der Waals surface area contributed by atoms with Crippen LogP contribution in [0.25, 0.3) is 0 Å². The number of halogens is 2. The van der Waals surface area contributed by atoms with Crippen molar-refractivity contribution in [3.63, 3.8) is 0 Å². The van der Waals surface area contributed by atoms with Crippen LogP contribution in [0.15, 0.2) is 47.6 Å². The van der Waals surface area contributed by atoms with Crippen molar-refractivity contribution in [2.45, 2.75) is 6.61 Å². The third-order valence-electron chi connectivity index (χ3n) is 4.14. The standard InChI is InChI=1S/C20H21Cl2N3O3/c21-18-6-3-16(11-19(18)22)14-28-17-4-1-15(2-5-17)12-23-24-20(26)13-25-7-9-27-10-8-25/h1-6,11-12H,7-10,13-14H2,(H,24,26)/b23-12+. The second kappa shape index (κ2) is 10.4. The summed E-state index contributed by atoms with van der Waals surface area (Å²) in [7, 11) is 0. The Kier molecular flexibility index (Phi) is 7.68. The molecule has 28 heavy (non-hydrogen) atoms. The number of nitrogens with zero attached hydrogens (tertiary/aromatic N) is 2. The van der Waals surface area contributed by atoms with Crippen LogP contribution in [0.2, 0.25) is 10.0 Å². The number of rotatable bonds is 7. The molecule has 1 saturated heterocycles. The molecule has 148 valence electrons. The summed E-state index contributed by atoms with van der Waals surface area (Å²) in [6, 6.07) is 12.8. The molecule has 8 heteroatoms. The van der Waals surface area contributed by atoms with Gasteiger partial charge in [-0.25, -0.2) is 5.43 Å². The van der Waals surface area contributed by atoms with Crippen molar-refractivity contribution in [3.8, 4) is 5.75 Å². The molecule has 1 heterocycles. The lowest BCUT2D eigenvalue weighted by molar-refractivity contribution is -0.123. The van der Waals surface area contributed by atoms with Crippen LogP contribution in [0.3, 0.4) is 0 Å². The second-order valence-corrected chi connectivity index (χ2v) is 7.10. The van der Waals surface area contributed by atoms with E-state index in [0.717, 1.165) is 30.0 Å². The van der Waals surface area contributed by atoms with Gasteiger partial charge in [-0.2, -0.15) is 5.10 Å². The fourth-order valence-corrected chi connectivity index (χ4v) is 2.94. The van der Waals surface area contributed by atoms with Gasteiger partial charge in [-0.1, -0.05) is 29.3 Å². The number of carbonyl (C=O) groups excluding carboxylic acids is 1. The third-order valence-corrected chi connectivity index (χ3v) is 4.88. The van der Waals surface area contributed by atoms with Crippen molar-refractivity contribution in [3.05, 3.63) is 63.6 Å². The van der Waals surface area contributed by atoms with Crippen molar-refractivity contribution in [1.82, 2.24) is 10.3 Å². The predicted molar refractivity (Wildman–Crippen MR) is 110 cm³/mol. The lowest BCUT2D eigenvalue weighted by Crippen LogP contribution is -2.42. The molecule has 0 aliphatic carbocycles. The molecule has 0 saturated carbocycles. The quantitative estimate of drug-likeness (QED) is 0.549. The Morgan fingerprint density at radius 1 is 1.14 bits per heavy atom. The van der Waals surface area contributed by atoms with Gasteiger partial charge in [0.05, 0.1) is 36.0 Å². The van der Waals surface area contributed by atoms with E-state index in [4.69, 9.17) is 32.7 Å². The predicted octanol–water partition coefficient (Wildman–Crippen LogP) is 3.35. The fourth-order valence-electron chi connectivity index (χ4n) is 2.62. The van der Waals surface area contributed by atoms with Crippen molar-refractivity contribution in [2.24, 2.45) is 5.10 Å². The number of amides is 1.